The number of likely N-dealkylation sites (tertiary alicyclic amines) is 1. The van der Waals surface area contributed by atoms with Gasteiger partial charge in [0.2, 0.25) is 6.17 Å². The van der Waals surface area contributed by atoms with Crippen LogP contribution in [0.1, 0.15) is 35.7 Å². The van der Waals surface area contributed by atoms with E-state index in [9.17, 15) is 32.7 Å². The van der Waals surface area contributed by atoms with Crippen LogP contribution in [-0.4, -0.2) is 69.2 Å². The molecule has 0 unspecified atom stereocenters. The number of aliphatic imine (C=N–C) groups is 1. The summed E-state index contributed by atoms with van der Waals surface area (Å²) < 4.78 is 42.3. The number of rotatable bonds is 5. The lowest BCUT2D eigenvalue weighted by Gasteiger charge is -2.33. The number of hydrogen-bond donors (Lipinski definition) is 3. The molecule has 0 saturated carbocycles. The van der Waals surface area contributed by atoms with Crippen LogP contribution in [0.2, 0.25) is 0 Å². The number of fused-ring (bicyclic) bond motifs is 1. The number of nitrogens with zero attached hydrogens (tertiary/aromatic N) is 4. The van der Waals surface area contributed by atoms with Crippen LogP contribution in [-0.2, 0) is 11.4 Å². The van der Waals surface area contributed by atoms with E-state index in [2.05, 4.69) is 15.3 Å². The van der Waals surface area contributed by atoms with Crippen LogP contribution < -0.4 is 15.9 Å². The number of carbonyl (C=O) groups excluding carboxylic acids is 2. The highest BCUT2D eigenvalue weighted by atomic mass is 19.4. The summed E-state index contributed by atoms with van der Waals surface area (Å²) in [6.45, 7) is -1.37. The van der Waals surface area contributed by atoms with Crippen LogP contribution in [0, 0.1) is 0 Å². The third-order valence-electron chi connectivity index (χ3n) is 6.97. The molecule has 3 N–H and O–H groups in total. The maximum absolute atomic E-state index is 13.6. The SMILES string of the molecule is O=C(N[C@@H]1N=C(c2ccccc2)c2ccccc2N(CC(F)(F)F)C1=O)N1CCC(n2cc(CO)[nH]c2=O)CC1. The molecule has 1 atom stereocenters. The van der Waals surface area contributed by atoms with Crippen LogP contribution in [0.3, 0.4) is 0 Å². The van der Waals surface area contributed by atoms with Gasteiger partial charge in [-0.15, -0.1) is 0 Å². The van der Waals surface area contributed by atoms with Crippen LogP contribution >= 0.6 is 0 Å². The number of alkyl halides is 3. The number of amides is 3. The van der Waals surface area contributed by atoms with Gasteiger partial charge in [0.05, 0.1) is 23.7 Å². The highest BCUT2D eigenvalue weighted by Crippen LogP contribution is 2.31. The van der Waals surface area contributed by atoms with Gasteiger partial charge in [0.25, 0.3) is 5.91 Å². The van der Waals surface area contributed by atoms with E-state index in [0.29, 0.717) is 34.6 Å². The number of aliphatic hydroxyl groups excluding tert-OH is 1. The molecule has 40 heavy (non-hydrogen) atoms. The average Bonchev–Trinajstić information content (AvgIpc) is 3.29. The van der Waals surface area contributed by atoms with Gasteiger partial charge in [0.1, 0.15) is 6.54 Å². The van der Waals surface area contributed by atoms with Gasteiger partial charge in [0, 0.05) is 36.5 Å². The quantitative estimate of drug-likeness (QED) is 0.447. The molecule has 1 aromatic heterocycles. The number of urea groups is 1. The summed E-state index contributed by atoms with van der Waals surface area (Å²) in [7, 11) is 0. The maximum atomic E-state index is 13.6. The molecule has 2 aromatic carbocycles. The number of piperidine rings is 1. The van der Waals surface area contributed by atoms with E-state index in [4.69, 9.17) is 0 Å². The topological polar surface area (TPSA) is 123 Å². The van der Waals surface area contributed by atoms with Crippen LogP contribution in [0.4, 0.5) is 23.7 Å². The molecule has 1 saturated heterocycles. The van der Waals surface area contributed by atoms with Crippen molar-refractivity contribution in [3.8, 4) is 0 Å². The molecule has 210 valence electrons. The van der Waals surface area contributed by atoms with Gasteiger partial charge in [-0.1, -0.05) is 48.5 Å². The smallest absolute Gasteiger partial charge is 0.390 e. The number of benzene rings is 2. The number of benzodiazepines with no additional fused rings is 1. The summed E-state index contributed by atoms with van der Waals surface area (Å²) in [5.41, 5.74) is 1.27. The number of anilines is 1. The fraction of sp³-hybridized carbons (Fsp3) is 0.333. The highest BCUT2D eigenvalue weighted by molar-refractivity contribution is 6.20. The van der Waals surface area contributed by atoms with Crippen molar-refractivity contribution in [1.82, 2.24) is 19.8 Å². The normalized spacial score (nSPS) is 18.2. The number of para-hydroxylation sites is 1. The zero-order valence-corrected chi connectivity index (χ0v) is 21.3. The summed E-state index contributed by atoms with van der Waals surface area (Å²) in [5, 5.41) is 11.8. The zero-order valence-electron chi connectivity index (χ0n) is 21.3. The van der Waals surface area contributed by atoms with E-state index in [0.717, 1.165) is 0 Å². The Morgan fingerprint density at radius 1 is 1.05 bits per heavy atom. The largest absolute Gasteiger partial charge is 0.406 e. The van der Waals surface area contributed by atoms with Crippen LogP contribution in [0.15, 0.2) is 70.6 Å². The molecule has 3 heterocycles. The van der Waals surface area contributed by atoms with Crippen molar-refractivity contribution in [3.05, 3.63) is 88.1 Å². The lowest BCUT2D eigenvalue weighted by Crippen LogP contribution is -2.54. The van der Waals surface area contributed by atoms with E-state index in [-0.39, 0.29) is 42.8 Å². The molecule has 3 amide bonds. The molecule has 0 aliphatic carbocycles. The number of halogens is 3. The number of hydrogen-bond acceptors (Lipinski definition) is 5. The van der Waals surface area contributed by atoms with Gasteiger partial charge in [-0.3, -0.25) is 14.3 Å². The minimum atomic E-state index is -4.69. The van der Waals surface area contributed by atoms with Gasteiger partial charge in [0.15, 0.2) is 0 Å². The van der Waals surface area contributed by atoms with Gasteiger partial charge < -0.3 is 20.3 Å². The molecule has 0 bridgehead atoms. The molecule has 10 nitrogen and oxygen atoms in total. The molecule has 1 fully saturated rings. The Morgan fingerprint density at radius 2 is 1.73 bits per heavy atom. The number of aromatic nitrogens is 2. The van der Waals surface area contributed by atoms with E-state index in [1.807, 2.05) is 0 Å². The number of imidazole rings is 1. The number of aliphatic hydroxyl groups is 1. The molecule has 0 radical (unpaired) electrons. The van der Waals surface area contributed by atoms with E-state index in [1.165, 1.54) is 15.5 Å². The maximum Gasteiger partial charge on any atom is 0.406 e. The molecule has 5 rings (SSSR count). The molecular formula is C27H27F3N6O4. The summed E-state index contributed by atoms with van der Waals surface area (Å²) in [5.74, 6) is -1.01. The summed E-state index contributed by atoms with van der Waals surface area (Å²) in [6.07, 6.45) is -3.89. The van der Waals surface area contributed by atoms with Crippen LogP contribution in [0.5, 0.6) is 0 Å². The van der Waals surface area contributed by atoms with Crippen molar-refractivity contribution in [2.45, 2.75) is 37.8 Å². The third kappa shape index (κ3) is 5.64. The minimum absolute atomic E-state index is 0.0455. The van der Waals surface area contributed by atoms with Crippen molar-refractivity contribution in [2.24, 2.45) is 4.99 Å². The third-order valence-corrected chi connectivity index (χ3v) is 6.97. The number of aromatic amines is 1. The van der Waals surface area contributed by atoms with Crippen LogP contribution in [0.25, 0.3) is 0 Å². The molecular weight excluding hydrogens is 529 g/mol. The second kappa shape index (κ2) is 11.0. The Morgan fingerprint density at radius 3 is 2.38 bits per heavy atom. The Kier molecular flexibility index (Phi) is 7.48. The van der Waals surface area contributed by atoms with E-state index >= 15 is 0 Å². The van der Waals surface area contributed by atoms with Gasteiger partial charge in [-0.25, -0.2) is 14.6 Å². The van der Waals surface area contributed by atoms with Crippen molar-refractivity contribution in [3.63, 3.8) is 0 Å². The zero-order chi connectivity index (χ0) is 28.4. The average molecular weight is 557 g/mol. The van der Waals surface area contributed by atoms with Gasteiger partial charge in [-0.05, 0) is 18.9 Å². The molecule has 2 aliphatic rings. The highest BCUT2D eigenvalue weighted by Gasteiger charge is 2.40. The number of H-pyrrole nitrogens is 1. The molecule has 13 heteroatoms. The Balaban J connectivity index is 1.41. The first-order chi connectivity index (χ1) is 19.1. The van der Waals surface area contributed by atoms with E-state index in [1.54, 1.807) is 54.7 Å². The van der Waals surface area contributed by atoms with Crippen molar-refractivity contribution >= 4 is 23.3 Å². The second-order valence-electron chi connectivity index (χ2n) is 9.62. The fourth-order valence-corrected chi connectivity index (χ4v) is 5.06. The first-order valence-corrected chi connectivity index (χ1v) is 12.7. The van der Waals surface area contributed by atoms with Gasteiger partial charge >= 0.3 is 17.9 Å². The predicted octanol–water partition coefficient (Wildman–Crippen LogP) is 2.79. The van der Waals surface area contributed by atoms with E-state index < -0.39 is 30.8 Å². The monoisotopic (exact) mass is 556 g/mol. The fourth-order valence-electron chi connectivity index (χ4n) is 5.06. The second-order valence-corrected chi connectivity index (χ2v) is 9.62. The summed E-state index contributed by atoms with van der Waals surface area (Å²) in [4.78, 5) is 48.0. The van der Waals surface area contributed by atoms with Gasteiger partial charge in [-0.2, -0.15) is 13.2 Å². The predicted molar refractivity (Wildman–Crippen MR) is 140 cm³/mol. The molecule has 2 aliphatic heterocycles. The van der Waals surface area contributed by atoms with Crippen molar-refractivity contribution in [2.75, 3.05) is 24.5 Å². The minimum Gasteiger partial charge on any atom is -0.390 e. The van der Waals surface area contributed by atoms with Crippen molar-refractivity contribution in [1.29, 1.82) is 0 Å². The van der Waals surface area contributed by atoms with Crippen molar-refractivity contribution < 1.29 is 27.9 Å². The summed E-state index contributed by atoms with van der Waals surface area (Å²) in [6, 6.07) is 14.1. The Hall–Kier alpha value is -4.39. The Bertz CT molecular complexity index is 1480. The summed E-state index contributed by atoms with van der Waals surface area (Å²) >= 11 is 0. The molecule has 0 spiro atoms. The number of nitrogens with one attached hydrogen (secondary N) is 2. The lowest BCUT2D eigenvalue weighted by atomic mass is 10.0. The first-order valence-electron chi connectivity index (χ1n) is 12.7. The Labute approximate surface area is 226 Å². The lowest BCUT2D eigenvalue weighted by molar-refractivity contribution is -0.133. The number of carbonyl (C=O) groups is 2. The molecule has 3 aromatic rings. The standard InChI is InChI=1S/C27H27F3N6O4/c28-27(29,30)16-36-21-9-5-4-8-20(21)22(17-6-2-1-3-7-17)32-23(24(36)38)33-25(39)34-12-10-19(11-13-34)35-14-18(15-37)31-26(35)40/h1-9,14,19,23,37H,10-13,15-16H2,(H,31,40)(H,33,39)/t23-/m0/s1. The first kappa shape index (κ1) is 27.2.